The minimum Gasteiger partial charge on any atom is -0.540 e. The van der Waals surface area contributed by atoms with Crippen molar-refractivity contribution in [3.05, 3.63) is 71.5 Å². The van der Waals surface area contributed by atoms with Crippen LogP contribution in [0.5, 0.6) is 11.5 Å². The Labute approximate surface area is 388 Å². The molecule has 1 aliphatic rings. The molecule has 0 saturated heterocycles. The zero-order chi connectivity index (χ0) is 49.2. The van der Waals surface area contributed by atoms with Crippen LogP contribution >= 0.6 is 0 Å². The number of nitrogens with zero attached hydrogens (tertiary/aromatic N) is 1. The topological polar surface area (TPSA) is 194 Å². The Morgan fingerprint density at radius 2 is 1.46 bits per heavy atom. The van der Waals surface area contributed by atoms with E-state index in [1.807, 2.05) is 25.3 Å². The summed E-state index contributed by atoms with van der Waals surface area (Å²) in [5.74, 6) is -1.03. The lowest BCUT2D eigenvalue weighted by Crippen LogP contribution is -2.53. The maximum absolute atomic E-state index is 14.9. The van der Waals surface area contributed by atoms with Gasteiger partial charge in [-0.2, -0.15) is 0 Å². The maximum Gasteiger partial charge on any atom is 0.411 e. The van der Waals surface area contributed by atoms with Crippen molar-refractivity contribution in [3.8, 4) is 11.5 Å². The second kappa shape index (κ2) is 22.9. The van der Waals surface area contributed by atoms with Crippen LogP contribution in [0.2, 0.25) is 34.8 Å². The van der Waals surface area contributed by atoms with Crippen LogP contribution < -0.4 is 30.4 Å². The smallest absolute Gasteiger partial charge is 0.411 e. The molecule has 0 fully saturated rings. The highest BCUT2D eigenvalue weighted by molar-refractivity contribution is 6.78. The number of anilines is 2. The van der Waals surface area contributed by atoms with Gasteiger partial charge in [-0.3, -0.25) is 19.7 Å². The first-order chi connectivity index (χ1) is 30.2. The van der Waals surface area contributed by atoms with Gasteiger partial charge < -0.3 is 44.3 Å². The third-order valence-corrected chi connectivity index (χ3v) is 23.1. The van der Waals surface area contributed by atoms with Crippen LogP contribution in [0.1, 0.15) is 112 Å². The van der Waals surface area contributed by atoms with Crippen molar-refractivity contribution >= 4 is 57.9 Å². The van der Waals surface area contributed by atoms with Gasteiger partial charge in [0.05, 0.1) is 31.0 Å². The van der Waals surface area contributed by atoms with E-state index in [9.17, 15) is 24.0 Å². The molecule has 15 nitrogen and oxygen atoms in total. The van der Waals surface area contributed by atoms with Gasteiger partial charge in [-0.1, -0.05) is 100 Å². The summed E-state index contributed by atoms with van der Waals surface area (Å²) >= 11 is 0. The van der Waals surface area contributed by atoms with Gasteiger partial charge in [-0.25, -0.2) is 9.59 Å². The van der Waals surface area contributed by atoms with E-state index in [2.05, 4.69) is 96.7 Å². The Hall–Kier alpha value is -5.14. The van der Waals surface area contributed by atoms with Crippen molar-refractivity contribution < 1.29 is 47.4 Å². The summed E-state index contributed by atoms with van der Waals surface area (Å²) in [6, 6.07) is 7.61. The summed E-state index contributed by atoms with van der Waals surface area (Å²) in [5, 5.41) is 19.4. The van der Waals surface area contributed by atoms with E-state index < -0.39 is 52.7 Å². The second-order valence-corrected chi connectivity index (χ2v) is 29.8. The second-order valence-electron chi connectivity index (χ2n) is 19.6. The molecule has 65 heavy (non-hydrogen) atoms. The normalized spacial score (nSPS) is 15.5. The number of hydrogen-bond donors (Lipinski definition) is 5. The number of carbonyl (C=O) groups excluding carboxylic acids is 4. The highest BCUT2D eigenvalue weighted by atomic mass is 28.4. The molecule has 0 saturated carbocycles. The van der Waals surface area contributed by atoms with Gasteiger partial charge in [-0.15, -0.1) is 0 Å². The standard InChI is InChI=1S/C48H75N5O10Si2/c1-17-18-35-23-37(28-62-64(15,16)48(11,12)13)53(26-35)45(56)38-24-40(60-14)41(63-65(30(4)5,31(6)7)32(8)9)25-39(38)51-47(59)61-27-34-19-21-36(22-20-34)50-43(54)33(10)49-44(55)42(29(2)3)52-46(57)58/h17-22,24-26,29-33,37,42,52H,23,27-28H2,1-16H3,(H,49,55)(H,50,54)(H,51,59)(H,57,58)/b18-17+/t33?,37-,42?/m0/s1. The third kappa shape index (κ3) is 13.9. The minimum absolute atomic E-state index is 0.0271. The van der Waals surface area contributed by atoms with Crippen LogP contribution in [0.25, 0.3) is 0 Å². The number of benzene rings is 2. The molecule has 360 valence electrons. The number of ether oxygens (including phenoxy) is 2. The summed E-state index contributed by atoms with van der Waals surface area (Å²) in [6.45, 7) is 31.0. The molecule has 3 atom stereocenters. The number of amides is 5. The first-order valence-electron chi connectivity index (χ1n) is 22.5. The molecule has 5 amide bonds. The molecule has 0 aromatic heterocycles. The van der Waals surface area contributed by atoms with Crippen LogP contribution in [-0.4, -0.2) is 88.4 Å². The Morgan fingerprint density at radius 3 is 1.97 bits per heavy atom. The average Bonchev–Trinajstić information content (AvgIpc) is 3.62. The first-order valence-corrected chi connectivity index (χ1v) is 27.6. The van der Waals surface area contributed by atoms with E-state index in [4.69, 9.17) is 23.4 Å². The Morgan fingerprint density at radius 1 is 0.862 bits per heavy atom. The van der Waals surface area contributed by atoms with Gasteiger partial charge in [0, 0.05) is 18.0 Å². The molecule has 17 heteroatoms. The minimum atomic E-state index is -2.54. The zero-order valence-corrected chi connectivity index (χ0v) is 43.4. The summed E-state index contributed by atoms with van der Waals surface area (Å²) in [7, 11) is -3.17. The van der Waals surface area contributed by atoms with Gasteiger partial charge in [-0.05, 0) is 90.3 Å². The van der Waals surface area contributed by atoms with Crippen molar-refractivity contribution in [1.29, 1.82) is 0 Å². The fourth-order valence-corrected chi connectivity index (χ4v) is 14.2. The van der Waals surface area contributed by atoms with Crippen LogP contribution in [0.4, 0.5) is 21.0 Å². The van der Waals surface area contributed by atoms with Gasteiger partial charge in [0.2, 0.25) is 11.8 Å². The molecule has 0 radical (unpaired) electrons. The molecule has 2 aromatic rings. The van der Waals surface area contributed by atoms with E-state index in [-0.39, 0.29) is 57.4 Å². The molecule has 3 rings (SSSR count). The average molecular weight is 938 g/mol. The maximum atomic E-state index is 14.9. The monoisotopic (exact) mass is 938 g/mol. The molecule has 0 aliphatic carbocycles. The predicted octanol–water partition coefficient (Wildman–Crippen LogP) is 10.4. The summed E-state index contributed by atoms with van der Waals surface area (Å²) in [6.07, 6.45) is 4.23. The lowest BCUT2D eigenvalue weighted by molar-refractivity contribution is -0.128. The van der Waals surface area contributed by atoms with Crippen molar-refractivity contribution in [1.82, 2.24) is 15.5 Å². The lowest BCUT2D eigenvalue weighted by Gasteiger charge is -2.42. The number of allylic oxidation sites excluding steroid dienone is 2. The number of methoxy groups -OCH3 is 1. The highest BCUT2D eigenvalue weighted by Crippen LogP contribution is 2.46. The van der Waals surface area contributed by atoms with Crippen molar-refractivity contribution in [3.63, 3.8) is 0 Å². The summed E-state index contributed by atoms with van der Waals surface area (Å²) < 4.78 is 25.4. The first kappa shape index (κ1) is 54.2. The molecule has 2 unspecified atom stereocenters. The Kier molecular flexibility index (Phi) is 19.1. The van der Waals surface area contributed by atoms with Crippen LogP contribution in [0, 0.1) is 5.92 Å². The van der Waals surface area contributed by atoms with E-state index in [1.54, 1.807) is 55.1 Å². The van der Waals surface area contributed by atoms with E-state index >= 15 is 0 Å². The van der Waals surface area contributed by atoms with Gasteiger partial charge >= 0.3 is 12.2 Å². The Bertz CT molecular complexity index is 2040. The van der Waals surface area contributed by atoms with Gasteiger partial charge in [0.1, 0.15) is 24.4 Å². The van der Waals surface area contributed by atoms with Crippen molar-refractivity contribution in [2.24, 2.45) is 5.92 Å². The summed E-state index contributed by atoms with van der Waals surface area (Å²) in [5.41, 5.74) is 3.08. The quantitative estimate of drug-likeness (QED) is 0.0798. The largest absolute Gasteiger partial charge is 0.540 e. The lowest BCUT2D eigenvalue weighted by atomic mass is 10.0. The van der Waals surface area contributed by atoms with Gasteiger partial charge in [0.25, 0.3) is 14.2 Å². The molecule has 2 aromatic carbocycles. The molecule has 0 spiro atoms. The molecule has 5 N–H and O–H groups in total. The van der Waals surface area contributed by atoms with Crippen molar-refractivity contribution in [2.45, 2.75) is 156 Å². The molecule has 0 bridgehead atoms. The molecule has 1 aliphatic heterocycles. The van der Waals surface area contributed by atoms with Crippen LogP contribution in [-0.2, 0) is 25.4 Å². The Balaban J connectivity index is 1.93. The SMILES string of the molecule is C/C=C/C1=CN(C(=O)c2cc(OC)c(O[Si](C(C)C)(C(C)C)C(C)C)cc2NC(=O)OCc2ccc(NC(=O)C(C)NC(=O)C(NC(=O)O)C(C)C)cc2)[C@H](CO[Si](C)(C)C(C)(C)C)C1. The fourth-order valence-electron chi connectivity index (χ4n) is 7.95. The van der Waals surface area contributed by atoms with E-state index in [0.717, 1.165) is 5.57 Å². The fraction of sp³-hybridized carbons (Fsp3) is 0.562. The highest BCUT2D eigenvalue weighted by Gasteiger charge is 2.48. The van der Waals surface area contributed by atoms with Crippen molar-refractivity contribution in [2.75, 3.05) is 24.4 Å². The van der Waals surface area contributed by atoms with Crippen LogP contribution in [0.3, 0.4) is 0 Å². The number of carbonyl (C=O) groups is 5. The van der Waals surface area contributed by atoms with Crippen LogP contribution in [0.15, 0.2) is 60.3 Å². The number of rotatable bonds is 20. The number of hydrogen-bond acceptors (Lipinski definition) is 9. The molecular weight excluding hydrogens is 863 g/mol. The number of carboxylic acid groups (broad SMARTS) is 1. The third-order valence-electron chi connectivity index (χ3n) is 12.6. The van der Waals surface area contributed by atoms with Gasteiger partial charge in [0.15, 0.2) is 14.1 Å². The van der Waals surface area contributed by atoms with E-state index in [1.165, 1.54) is 14.0 Å². The number of nitrogens with one attached hydrogen (secondary N) is 4. The summed E-state index contributed by atoms with van der Waals surface area (Å²) in [4.78, 5) is 67.0. The zero-order valence-electron chi connectivity index (χ0n) is 41.4. The van der Waals surface area contributed by atoms with E-state index in [0.29, 0.717) is 35.8 Å². The molecular formula is C48H75N5O10Si2. The molecule has 1 heterocycles. The predicted molar refractivity (Wildman–Crippen MR) is 262 cm³/mol.